The molecule has 39 heavy (non-hydrogen) atoms. The highest BCUT2D eigenvalue weighted by Crippen LogP contribution is 2.36. The molecule has 0 spiro atoms. The summed E-state index contributed by atoms with van der Waals surface area (Å²) in [7, 11) is 0. The maximum absolute atomic E-state index is 6.43. The Kier molecular flexibility index (Phi) is 5.51. The van der Waals surface area contributed by atoms with E-state index in [1.54, 1.807) is 0 Å². The molecule has 5 nitrogen and oxygen atoms in total. The summed E-state index contributed by atoms with van der Waals surface area (Å²) in [6, 6.07) is 32.0. The van der Waals surface area contributed by atoms with Gasteiger partial charge in [-0.25, -0.2) is 4.98 Å². The smallest absolute Gasteiger partial charge is 0.146 e. The van der Waals surface area contributed by atoms with Crippen molar-refractivity contribution in [2.75, 3.05) is 11.6 Å². The lowest BCUT2D eigenvalue weighted by Crippen LogP contribution is -2.30. The molecule has 0 atom stereocenters. The number of fused-ring (bicyclic) bond motifs is 6. The third-order valence-corrected chi connectivity index (χ3v) is 7.61. The first kappa shape index (κ1) is 23.4. The molecule has 0 bridgehead atoms. The van der Waals surface area contributed by atoms with Crippen LogP contribution < -0.4 is 9.64 Å². The van der Waals surface area contributed by atoms with Gasteiger partial charge in [0, 0.05) is 52.7 Å². The van der Waals surface area contributed by atoms with Gasteiger partial charge in [-0.05, 0) is 68.1 Å². The molecule has 0 aliphatic carbocycles. The molecule has 1 aliphatic rings. The Labute approximate surface area is 228 Å². The van der Waals surface area contributed by atoms with Crippen LogP contribution in [0.2, 0.25) is 0 Å². The van der Waals surface area contributed by atoms with E-state index in [4.69, 9.17) is 9.72 Å². The molecule has 0 fully saturated rings. The number of ether oxygens (including phenoxy) is 1. The predicted octanol–water partition coefficient (Wildman–Crippen LogP) is 8.37. The van der Waals surface area contributed by atoms with Crippen molar-refractivity contribution in [3.8, 4) is 22.8 Å². The van der Waals surface area contributed by atoms with Gasteiger partial charge < -0.3 is 14.5 Å². The Bertz CT molecular complexity index is 1880. The number of rotatable bonds is 5. The second-order valence-electron chi connectivity index (χ2n) is 10.5. The first-order valence-corrected chi connectivity index (χ1v) is 13.4. The molecule has 0 unspecified atom stereocenters. The summed E-state index contributed by atoms with van der Waals surface area (Å²) in [5, 5.41) is 3.42. The molecule has 5 heteroatoms. The van der Waals surface area contributed by atoms with Crippen LogP contribution in [0.1, 0.15) is 19.4 Å². The summed E-state index contributed by atoms with van der Waals surface area (Å²) in [5.74, 6) is 1.60. The minimum Gasteiger partial charge on any atom is -0.457 e. The van der Waals surface area contributed by atoms with Crippen molar-refractivity contribution < 1.29 is 4.74 Å². The van der Waals surface area contributed by atoms with Crippen LogP contribution in [0.5, 0.6) is 11.5 Å². The van der Waals surface area contributed by atoms with E-state index in [0.29, 0.717) is 6.04 Å². The van der Waals surface area contributed by atoms with Gasteiger partial charge in [0.2, 0.25) is 0 Å². The van der Waals surface area contributed by atoms with Crippen LogP contribution in [-0.2, 0) is 0 Å². The normalized spacial score (nSPS) is 13.4. The molecule has 4 aromatic carbocycles. The number of imidazole rings is 1. The van der Waals surface area contributed by atoms with E-state index in [9.17, 15) is 0 Å². The quantitative estimate of drug-likeness (QED) is 0.218. The fourth-order valence-electron chi connectivity index (χ4n) is 5.46. The summed E-state index contributed by atoms with van der Waals surface area (Å²) < 4.78 is 8.64. The van der Waals surface area contributed by atoms with Crippen LogP contribution in [-0.4, -0.2) is 27.0 Å². The Morgan fingerprint density at radius 2 is 1.59 bits per heavy atom. The standard InChI is InChI=1S/C34H30N4O/c1-23(2)36-17-18-37(22-36)25-10-8-11-26(19-25)39-27-15-16-29-30-13-6-7-14-33(30)38-21-32(35-34(38)31(29)20-27)28-12-5-4-9-24(28)3/h4-21,23H,22H2,1-3H3. The first-order chi connectivity index (χ1) is 19.0. The molecule has 0 radical (unpaired) electrons. The Morgan fingerprint density at radius 1 is 0.769 bits per heavy atom. The van der Waals surface area contributed by atoms with Crippen LogP contribution in [0, 0.1) is 6.92 Å². The third kappa shape index (κ3) is 4.07. The van der Waals surface area contributed by atoms with Crippen LogP contribution >= 0.6 is 0 Å². The van der Waals surface area contributed by atoms with Crippen molar-refractivity contribution in [1.29, 1.82) is 0 Å². The van der Waals surface area contributed by atoms with Crippen molar-refractivity contribution >= 4 is 33.0 Å². The lowest BCUT2D eigenvalue weighted by atomic mass is 10.1. The Hall–Kier alpha value is -4.77. The average molecular weight is 511 g/mol. The summed E-state index contributed by atoms with van der Waals surface area (Å²) in [4.78, 5) is 9.69. The SMILES string of the molecule is Cc1ccccc1-c1cn2c3ccccc3c3ccc(Oc4cccc(N5C=CN(C(C)C)C5)c4)cc3c2n1. The summed E-state index contributed by atoms with van der Waals surface area (Å²) >= 11 is 0. The topological polar surface area (TPSA) is 33.0 Å². The Balaban J connectivity index is 1.31. The zero-order valence-corrected chi connectivity index (χ0v) is 22.4. The minimum absolute atomic E-state index is 0.463. The molecule has 0 amide bonds. The van der Waals surface area contributed by atoms with E-state index in [1.807, 2.05) is 12.1 Å². The highest BCUT2D eigenvalue weighted by atomic mass is 16.5. The number of aromatic nitrogens is 2. The largest absolute Gasteiger partial charge is 0.457 e. The molecular weight excluding hydrogens is 480 g/mol. The summed E-state index contributed by atoms with van der Waals surface area (Å²) in [6.45, 7) is 7.38. The Morgan fingerprint density at radius 3 is 2.44 bits per heavy atom. The van der Waals surface area contributed by atoms with Crippen LogP contribution in [0.4, 0.5) is 5.69 Å². The first-order valence-electron chi connectivity index (χ1n) is 13.4. The van der Waals surface area contributed by atoms with E-state index < -0.39 is 0 Å². The number of pyridine rings is 1. The van der Waals surface area contributed by atoms with Gasteiger partial charge in [-0.2, -0.15) is 0 Å². The summed E-state index contributed by atoms with van der Waals surface area (Å²) in [6.07, 6.45) is 6.43. The number of anilines is 1. The van der Waals surface area contributed by atoms with Crippen molar-refractivity contribution in [3.05, 3.63) is 115 Å². The van der Waals surface area contributed by atoms with E-state index >= 15 is 0 Å². The zero-order chi connectivity index (χ0) is 26.5. The number of hydrogen-bond donors (Lipinski definition) is 0. The number of nitrogens with zero attached hydrogens (tertiary/aromatic N) is 4. The average Bonchev–Trinajstić information content (AvgIpc) is 3.63. The van der Waals surface area contributed by atoms with Crippen molar-refractivity contribution in [3.63, 3.8) is 0 Å². The second kappa shape index (κ2) is 9.21. The second-order valence-corrected chi connectivity index (χ2v) is 10.5. The molecule has 2 aromatic heterocycles. The van der Waals surface area contributed by atoms with Gasteiger partial charge in [0.25, 0.3) is 0 Å². The molecule has 7 rings (SSSR count). The third-order valence-electron chi connectivity index (χ3n) is 7.61. The van der Waals surface area contributed by atoms with Crippen molar-refractivity contribution in [2.24, 2.45) is 0 Å². The monoisotopic (exact) mass is 510 g/mol. The highest BCUT2D eigenvalue weighted by Gasteiger charge is 2.17. The number of para-hydroxylation sites is 1. The van der Waals surface area contributed by atoms with Gasteiger partial charge in [-0.15, -0.1) is 0 Å². The van der Waals surface area contributed by atoms with Crippen LogP contribution in [0.3, 0.4) is 0 Å². The predicted molar refractivity (Wildman–Crippen MR) is 160 cm³/mol. The number of hydrogen-bond acceptors (Lipinski definition) is 4. The van der Waals surface area contributed by atoms with Gasteiger partial charge in [0.05, 0.1) is 17.9 Å². The molecule has 192 valence electrons. The van der Waals surface area contributed by atoms with E-state index in [2.05, 4.69) is 132 Å². The van der Waals surface area contributed by atoms with Gasteiger partial charge in [-0.1, -0.05) is 48.5 Å². The molecule has 3 heterocycles. The molecular formula is C34H30N4O. The minimum atomic E-state index is 0.463. The molecule has 0 saturated heterocycles. The molecule has 1 aliphatic heterocycles. The van der Waals surface area contributed by atoms with Gasteiger partial charge in [0.15, 0.2) is 0 Å². The maximum Gasteiger partial charge on any atom is 0.146 e. The van der Waals surface area contributed by atoms with Gasteiger partial charge >= 0.3 is 0 Å². The zero-order valence-electron chi connectivity index (χ0n) is 22.4. The van der Waals surface area contributed by atoms with E-state index in [-0.39, 0.29) is 0 Å². The number of benzene rings is 4. The van der Waals surface area contributed by atoms with Gasteiger partial charge in [0.1, 0.15) is 17.1 Å². The maximum atomic E-state index is 6.43. The van der Waals surface area contributed by atoms with Crippen molar-refractivity contribution in [2.45, 2.75) is 26.8 Å². The van der Waals surface area contributed by atoms with E-state index in [0.717, 1.165) is 57.0 Å². The highest BCUT2D eigenvalue weighted by molar-refractivity contribution is 6.12. The lowest BCUT2D eigenvalue weighted by Gasteiger charge is -2.24. The van der Waals surface area contributed by atoms with Crippen LogP contribution in [0.15, 0.2) is 110 Å². The lowest BCUT2D eigenvalue weighted by molar-refractivity contribution is 0.336. The fourth-order valence-corrected chi connectivity index (χ4v) is 5.46. The van der Waals surface area contributed by atoms with Crippen molar-refractivity contribution in [1.82, 2.24) is 14.3 Å². The van der Waals surface area contributed by atoms with E-state index in [1.165, 1.54) is 10.9 Å². The molecule has 0 saturated carbocycles. The molecule has 0 N–H and O–H groups in total. The fraction of sp³-hybridized carbons (Fsp3) is 0.147. The van der Waals surface area contributed by atoms with Gasteiger partial charge in [-0.3, -0.25) is 4.40 Å². The summed E-state index contributed by atoms with van der Waals surface area (Å²) in [5.41, 5.74) is 6.51. The molecule has 6 aromatic rings. The van der Waals surface area contributed by atoms with Crippen LogP contribution in [0.25, 0.3) is 38.6 Å². The number of aryl methyl sites for hydroxylation is 1.